The van der Waals surface area contributed by atoms with Gasteiger partial charge in [0.25, 0.3) is 5.91 Å². The molecule has 0 heterocycles. The van der Waals surface area contributed by atoms with Gasteiger partial charge >= 0.3 is 6.18 Å². The molecule has 0 aliphatic heterocycles. The molecule has 1 aromatic carbocycles. The number of alkyl halides is 3. The van der Waals surface area contributed by atoms with Gasteiger partial charge in [0.15, 0.2) is 0 Å². The summed E-state index contributed by atoms with van der Waals surface area (Å²) in [6.45, 7) is 1.85. The molecule has 1 aromatic rings. The SMILES string of the molecule is CC1(NC(=O)c2cc(N)cc(C(F)(F)F)c2)CC1. The highest BCUT2D eigenvalue weighted by Crippen LogP contribution is 2.35. The molecule has 2 rings (SSSR count). The number of halogens is 3. The van der Waals surface area contributed by atoms with Crippen LogP contribution < -0.4 is 11.1 Å². The predicted octanol–water partition coefficient (Wildman–Crippen LogP) is 2.57. The standard InChI is InChI=1S/C12H13F3N2O/c1-11(2-3-11)17-10(18)7-4-8(12(13,14)15)6-9(16)5-7/h4-6H,2-3,16H2,1H3,(H,17,18). The summed E-state index contributed by atoms with van der Waals surface area (Å²) >= 11 is 0. The summed E-state index contributed by atoms with van der Waals surface area (Å²) in [5, 5.41) is 2.69. The smallest absolute Gasteiger partial charge is 0.399 e. The van der Waals surface area contributed by atoms with Crippen molar-refractivity contribution in [3.05, 3.63) is 29.3 Å². The van der Waals surface area contributed by atoms with Crippen molar-refractivity contribution in [3.8, 4) is 0 Å². The van der Waals surface area contributed by atoms with Gasteiger partial charge in [-0.05, 0) is 38.0 Å². The second-order valence-corrected chi connectivity index (χ2v) is 4.86. The van der Waals surface area contributed by atoms with E-state index in [-0.39, 0.29) is 16.8 Å². The van der Waals surface area contributed by atoms with E-state index in [2.05, 4.69) is 5.32 Å². The quantitative estimate of drug-likeness (QED) is 0.801. The maximum absolute atomic E-state index is 12.6. The molecule has 0 atom stereocenters. The van der Waals surface area contributed by atoms with E-state index >= 15 is 0 Å². The van der Waals surface area contributed by atoms with E-state index in [9.17, 15) is 18.0 Å². The van der Waals surface area contributed by atoms with E-state index in [1.807, 2.05) is 6.92 Å². The molecule has 0 bridgehead atoms. The molecule has 98 valence electrons. The largest absolute Gasteiger partial charge is 0.416 e. The fourth-order valence-electron chi connectivity index (χ4n) is 1.61. The zero-order valence-electron chi connectivity index (χ0n) is 9.77. The second-order valence-electron chi connectivity index (χ2n) is 4.86. The van der Waals surface area contributed by atoms with Crippen molar-refractivity contribution < 1.29 is 18.0 Å². The molecule has 3 N–H and O–H groups in total. The lowest BCUT2D eigenvalue weighted by Crippen LogP contribution is -2.34. The van der Waals surface area contributed by atoms with Gasteiger partial charge in [-0.1, -0.05) is 0 Å². The molecule has 0 unspecified atom stereocenters. The van der Waals surface area contributed by atoms with Crippen molar-refractivity contribution in [2.75, 3.05) is 5.73 Å². The molecule has 0 saturated heterocycles. The Labute approximate surface area is 102 Å². The third-order valence-corrected chi connectivity index (χ3v) is 2.96. The molecule has 1 fully saturated rings. The lowest BCUT2D eigenvalue weighted by Gasteiger charge is -2.13. The van der Waals surface area contributed by atoms with Crippen LogP contribution in [-0.2, 0) is 6.18 Å². The number of carbonyl (C=O) groups is 1. The maximum Gasteiger partial charge on any atom is 0.416 e. The topological polar surface area (TPSA) is 55.1 Å². The summed E-state index contributed by atoms with van der Waals surface area (Å²) in [4.78, 5) is 11.8. The van der Waals surface area contributed by atoms with E-state index < -0.39 is 17.6 Å². The summed E-state index contributed by atoms with van der Waals surface area (Å²) in [5.41, 5.74) is 4.07. The second kappa shape index (κ2) is 3.90. The molecule has 1 aliphatic carbocycles. The van der Waals surface area contributed by atoms with Crippen LogP contribution in [0, 0.1) is 0 Å². The summed E-state index contributed by atoms with van der Waals surface area (Å²) in [5.74, 6) is -0.521. The van der Waals surface area contributed by atoms with E-state index in [0.717, 1.165) is 25.0 Å². The van der Waals surface area contributed by atoms with Crippen molar-refractivity contribution in [3.63, 3.8) is 0 Å². The Morgan fingerprint density at radius 2 is 1.94 bits per heavy atom. The van der Waals surface area contributed by atoms with Gasteiger partial charge in [0, 0.05) is 16.8 Å². The van der Waals surface area contributed by atoms with Crippen LogP contribution in [0.5, 0.6) is 0 Å². The van der Waals surface area contributed by atoms with Gasteiger partial charge in [-0.3, -0.25) is 4.79 Å². The summed E-state index contributed by atoms with van der Waals surface area (Å²) < 4.78 is 37.7. The number of carbonyl (C=O) groups excluding carboxylic acids is 1. The van der Waals surface area contributed by atoms with Crippen LogP contribution in [-0.4, -0.2) is 11.4 Å². The first-order chi connectivity index (χ1) is 8.20. The average molecular weight is 258 g/mol. The lowest BCUT2D eigenvalue weighted by molar-refractivity contribution is -0.137. The van der Waals surface area contributed by atoms with Crippen LogP contribution in [0.3, 0.4) is 0 Å². The third kappa shape index (κ3) is 2.75. The number of amides is 1. The molecule has 1 amide bonds. The molecule has 1 aliphatic rings. The van der Waals surface area contributed by atoms with Crippen molar-refractivity contribution in [1.82, 2.24) is 5.32 Å². The Hall–Kier alpha value is -1.72. The molecule has 18 heavy (non-hydrogen) atoms. The normalized spacial score (nSPS) is 17.3. The summed E-state index contributed by atoms with van der Waals surface area (Å²) in [6, 6.07) is 2.88. The number of nitrogen functional groups attached to an aromatic ring is 1. The monoisotopic (exact) mass is 258 g/mol. The van der Waals surface area contributed by atoms with Gasteiger partial charge in [-0.25, -0.2) is 0 Å². The van der Waals surface area contributed by atoms with Gasteiger partial charge in [0.05, 0.1) is 5.56 Å². The van der Waals surface area contributed by atoms with Gasteiger partial charge in [-0.2, -0.15) is 13.2 Å². The highest BCUT2D eigenvalue weighted by Gasteiger charge is 2.39. The minimum atomic E-state index is -4.51. The van der Waals surface area contributed by atoms with Crippen molar-refractivity contribution in [2.24, 2.45) is 0 Å². The van der Waals surface area contributed by atoms with Crippen LogP contribution in [0.4, 0.5) is 18.9 Å². The Kier molecular flexibility index (Phi) is 2.76. The van der Waals surface area contributed by atoms with Gasteiger partial charge < -0.3 is 11.1 Å². The van der Waals surface area contributed by atoms with Crippen LogP contribution in [0.25, 0.3) is 0 Å². The predicted molar refractivity (Wildman–Crippen MR) is 61.0 cm³/mol. The minimum absolute atomic E-state index is 0.0598. The van der Waals surface area contributed by atoms with Crippen molar-refractivity contribution in [2.45, 2.75) is 31.5 Å². The number of anilines is 1. The molecule has 1 saturated carbocycles. The Balaban J connectivity index is 2.27. The molecular weight excluding hydrogens is 245 g/mol. The first-order valence-corrected chi connectivity index (χ1v) is 5.50. The van der Waals surface area contributed by atoms with Crippen molar-refractivity contribution in [1.29, 1.82) is 0 Å². The third-order valence-electron chi connectivity index (χ3n) is 2.96. The van der Waals surface area contributed by atoms with Gasteiger partial charge in [-0.15, -0.1) is 0 Å². The molecule has 0 spiro atoms. The van der Waals surface area contributed by atoms with E-state index in [1.165, 1.54) is 6.07 Å². The molecule has 3 nitrogen and oxygen atoms in total. The van der Waals surface area contributed by atoms with Crippen LogP contribution >= 0.6 is 0 Å². The Bertz CT molecular complexity index is 493. The Morgan fingerprint density at radius 3 is 2.44 bits per heavy atom. The van der Waals surface area contributed by atoms with Gasteiger partial charge in [0.2, 0.25) is 0 Å². The van der Waals surface area contributed by atoms with E-state index in [1.54, 1.807) is 0 Å². The van der Waals surface area contributed by atoms with E-state index in [4.69, 9.17) is 5.73 Å². The number of nitrogens with one attached hydrogen (secondary N) is 1. The number of rotatable bonds is 2. The van der Waals surface area contributed by atoms with Gasteiger partial charge in [0.1, 0.15) is 0 Å². The van der Waals surface area contributed by atoms with E-state index in [0.29, 0.717) is 0 Å². The Morgan fingerprint density at radius 1 is 1.33 bits per heavy atom. The van der Waals surface area contributed by atoms with Crippen LogP contribution in [0.2, 0.25) is 0 Å². The molecular formula is C12H13F3N2O. The molecule has 0 radical (unpaired) electrons. The zero-order valence-corrected chi connectivity index (χ0v) is 9.77. The minimum Gasteiger partial charge on any atom is -0.399 e. The fraction of sp³-hybridized carbons (Fsp3) is 0.417. The highest BCUT2D eigenvalue weighted by molar-refractivity contribution is 5.96. The average Bonchev–Trinajstić information content (AvgIpc) is 2.93. The van der Waals surface area contributed by atoms with Crippen LogP contribution in [0.15, 0.2) is 18.2 Å². The molecule has 0 aromatic heterocycles. The number of hydrogen-bond donors (Lipinski definition) is 2. The van der Waals surface area contributed by atoms with Crippen LogP contribution in [0.1, 0.15) is 35.7 Å². The lowest BCUT2D eigenvalue weighted by atomic mass is 10.1. The van der Waals surface area contributed by atoms with Crippen molar-refractivity contribution >= 4 is 11.6 Å². The maximum atomic E-state index is 12.6. The number of nitrogens with two attached hydrogens (primary N) is 1. The summed E-state index contributed by atoms with van der Waals surface area (Å²) in [7, 11) is 0. The fourth-order valence-corrected chi connectivity index (χ4v) is 1.61. The number of hydrogen-bond acceptors (Lipinski definition) is 2. The summed E-state index contributed by atoms with van der Waals surface area (Å²) in [6.07, 6.45) is -2.83. The highest BCUT2D eigenvalue weighted by atomic mass is 19.4. The zero-order chi connectivity index (χ0) is 13.6. The number of benzene rings is 1. The first-order valence-electron chi connectivity index (χ1n) is 5.50. The first kappa shape index (κ1) is 12.7. The molecule has 6 heteroatoms.